The predicted octanol–water partition coefficient (Wildman–Crippen LogP) is 3.18. The highest BCUT2D eigenvalue weighted by Crippen LogP contribution is 2.24. The molecular weight excluding hydrogens is 517 g/mol. The number of benzene rings is 1. The van der Waals surface area contributed by atoms with Gasteiger partial charge in [0.15, 0.2) is 5.96 Å². The molecule has 0 spiro atoms. The quantitative estimate of drug-likeness (QED) is 0.276. The van der Waals surface area contributed by atoms with Crippen LogP contribution in [0, 0.1) is 5.92 Å². The van der Waals surface area contributed by atoms with Crippen LogP contribution in [0.3, 0.4) is 0 Å². The summed E-state index contributed by atoms with van der Waals surface area (Å²) in [5.74, 6) is 3.21. The third kappa shape index (κ3) is 8.59. The Hall–Kier alpha value is -1.26. The smallest absolute Gasteiger partial charge is 0.191 e. The first-order valence-corrected chi connectivity index (χ1v) is 11.7. The van der Waals surface area contributed by atoms with E-state index in [1.807, 2.05) is 13.1 Å². The van der Waals surface area contributed by atoms with Crippen molar-refractivity contribution in [3.8, 4) is 11.5 Å². The van der Waals surface area contributed by atoms with Gasteiger partial charge in [-0.3, -0.25) is 9.89 Å². The molecule has 0 aliphatic carbocycles. The lowest BCUT2D eigenvalue weighted by atomic mass is 10.1. The van der Waals surface area contributed by atoms with Gasteiger partial charge in [-0.1, -0.05) is 13.3 Å². The zero-order chi connectivity index (χ0) is 22.1. The van der Waals surface area contributed by atoms with Crippen LogP contribution in [0.4, 0.5) is 0 Å². The van der Waals surface area contributed by atoms with Gasteiger partial charge in [0.1, 0.15) is 11.5 Å². The van der Waals surface area contributed by atoms with Crippen LogP contribution in [0.25, 0.3) is 0 Å². The summed E-state index contributed by atoms with van der Waals surface area (Å²) in [5.41, 5.74) is 1.21. The van der Waals surface area contributed by atoms with Gasteiger partial charge in [-0.05, 0) is 56.0 Å². The lowest BCUT2D eigenvalue weighted by Gasteiger charge is -2.29. The molecule has 0 saturated carbocycles. The molecule has 1 aromatic rings. The second kappa shape index (κ2) is 14.1. The number of rotatable bonds is 9. The van der Waals surface area contributed by atoms with Gasteiger partial charge in [-0.15, -0.1) is 24.0 Å². The lowest BCUT2D eigenvalue weighted by molar-refractivity contribution is 0.201. The molecule has 2 fully saturated rings. The summed E-state index contributed by atoms with van der Waals surface area (Å²) < 4.78 is 10.8. The van der Waals surface area contributed by atoms with E-state index in [2.05, 4.69) is 44.5 Å². The maximum absolute atomic E-state index is 5.41. The number of likely N-dealkylation sites (tertiary alicyclic amines) is 2. The third-order valence-corrected chi connectivity index (χ3v) is 6.29. The molecule has 7 nitrogen and oxygen atoms in total. The zero-order valence-electron chi connectivity index (χ0n) is 20.2. The van der Waals surface area contributed by atoms with Gasteiger partial charge in [-0.2, -0.15) is 0 Å². The van der Waals surface area contributed by atoms with Crippen molar-refractivity contribution < 1.29 is 9.47 Å². The van der Waals surface area contributed by atoms with E-state index in [-0.39, 0.29) is 24.0 Å². The Bertz CT molecular complexity index is 689. The Labute approximate surface area is 211 Å². The van der Waals surface area contributed by atoms with E-state index in [1.165, 1.54) is 44.5 Å². The number of hydrogen-bond donors (Lipinski definition) is 2. The largest absolute Gasteiger partial charge is 0.497 e. The minimum atomic E-state index is 0. The Morgan fingerprint density at radius 1 is 1.06 bits per heavy atom. The number of methoxy groups -OCH3 is 2. The van der Waals surface area contributed by atoms with E-state index in [4.69, 9.17) is 9.47 Å². The number of nitrogens with one attached hydrogen (secondary N) is 2. The first-order chi connectivity index (χ1) is 15.1. The van der Waals surface area contributed by atoms with Crippen LogP contribution < -0.4 is 20.1 Å². The van der Waals surface area contributed by atoms with Gasteiger partial charge in [0.05, 0.1) is 14.2 Å². The molecule has 2 saturated heterocycles. The molecule has 8 heteroatoms. The summed E-state index contributed by atoms with van der Waals surface area (Å²) in [4.78, 5) is 9.53. The van der Waals surface area contributed by atoms with Crippen molar-refractivity contribution in [1.29, 1.82) is 0 Å². The molecule has 2 atom stereocenters. The minimum absolute atomic E-state index is 0. The van der Waals surface area contributed by atoms with Crippen molar-refractivity contribution in [2.24, 2.45) is 10.9 Å². The second-order valence-corrected chi connectivity index (χ2v) is 9.01. The number of piperidine rings is 1. The van der Waals surface area contributed by atoms with Crippen molar-refractivity contribution in [3.05, 3.63) is 23.8 Å². The van der Waals surface area contributed by atoms with Crippen LogP contribution in [0.2, 0.25) is 0 Å². The van der Waals surface area contributed by atoms with Gasteiger partial charge in [0.2, 0.25) is 0 Å². The number of halogens is 1. The highest BCUT2D eigenvalue weighted by atomic mass is 127. The predicted molar refractivity (Wildman–Crippen MR) is 143 cm³/mol. The average molecular weight is 560 g/mol. The standard InChI is InChI=1S/C24H41N5O2.HI/c1-19(16-28-9-6-5-7-10-28)15-26-24(25-2)27-21-8-11-29(18-21)17-20-12-22(30-3)14-23(13-20)31-4;/h12-14,19,21H,5-11,15-18H2,1-4H3,(H2,25,26,27);1H. The first-order valence-electron chi connectivity index (χ1n) is 11.7. The number of nitrogens with zero attached hydrogens (tertiary/aromatic N) is 3. The van der Waals surface area contributed by atoms with Crippen LogP contribution >= 0.6 is 24.0 Å². The molecule has 0 aromatic heterocycles. The summed E-state index contributed by atoms with van der Waals surface area (Å²) in [6.07, 6.45) is 5.21. The molecule has 2 N–H and O–H groups in total. The van der Waals surface area contributed by atoms with Gasteiger partial charge in [-0.25, -0.2) is 0 Å². The van der Waals surface area contributed by atoms with E-state index in [9.17, 15) is 0 Å². The van der Waals surface area contributed by atoms with Crippen LogP contribution in [0.1, 0.15) is 38.2 Å². The molecule has 3 rings (SSSR count). The normalized spacial score (nSPS) is 21.0. The molecule has 32 heavy (non-hydrogen) atoms. The highest BCUT2D eigenvalue weighted by Gasteiger charge is 2.24. The Kier molecular flexibility index (Phi) is 11.9. The van der Waals surface area contributed by atoms with Crippen LogP contribution in [-0.2, 0) is 6.54 Å². The molecule has 2 aliphatic heterocycles. The van der Waals surface area contributed by atoms with Crippen molar-refractivity contribution in [1.82, 2.24) is 20.4 Å². The van der Waals surface area contributed by atoms with E-state index in [0.717, 1.165) is 50.1 Å². The Morgan fingerprint density at radius 2 is 1.75 bits per heavy atom. The Morgan fingerprint density at radius 3 is 2.38 bits per heavy atom. The lowest BCUT2D eigenvalue weighted by Crippen LogP contribution is -2.46. The summed E-state index contributed by atoms with van der Waals surface area (Å²) in [7, 11) is 5.25. The number of ether oxygens (including phenoxy) is 2. The van der Waals surface area contributed by atoms with Gasteiger partial charge in [0, 0.05) is 51.9 Å². The molecule has 2 aliphatic rings. The van der Waals surface area contributed by atoms with Crippen LogP contribution in [0.15, 0.2) is 23.2 Å². The molecule has 0 bridgehead atoms. The molecule has 1 aromatic carbocycles. The number of hydrogen-bond acceptors (Lipinski definition) is 5. The molecular formula is C24H42IN5O2. The summed E-state index contributed by atoms with van der Waals surface area (Å²) in [6, 6.07) is 6.51. The number of aliphatic imine (C=N–C) groups is 1. The summed E-state index contributed by atoms with van der Waals surface area (Å²) >= 11 is 0. The summed E-state index contributed by atoms with van der Waals surface area (Å²) in [6.45, 7) is 9.94. The zero-order valence-corrected chi connectivity index (χ0v) is 22.6. The highest BCUT2D eigenvalue weighted by molar-refractivity contribution is 14.0. The molecule has 2 heterocycles. The fourth-order valence-electron chi connectivity index (χ4n) is 4.62. The van der Waals surface area contributed by atoms with Crippen molar-refractivity contribution >= 4 is 29.9 Å². The summed E-state index contributed by atoms with van der Waals surface area (Å²) in [5, 5.41) is 7.16. The van der Waals surface area contributed by atoms with Crippen molar-refractivity contribution in [2.45, 2.75) is 45.2 Å². The Balaban J connectivity index is 0.00000363. The van der Waals surface area contributed by atoms with Crippen LogP contribution in [0.5, 0.6) is 11.5 Å². The maximum Gasteiger partial charge on any atom is 0.191 e. The maximum atomic E-state index is 5.41. The monoisotopic (exact) mass is 559 g/mol. The van der Waals surface area contributed by atoms with Crippen LogP contribution in [-0.4, -0.2) is 82.3 Å². The third-order valence-electron chi connectivity index (χ3n) is 6.29. The van der Waals surface area contributed by atoms with E-state index in [1.54, 1.807) is 14.2 Å². The number of guanidine groups is 1. The van der Waals surface area contributed by atoms with Crippen molar-refractivity contribution in [3.63, 3.8) is 0 Å². The SMILES string of the molecule is CN=C(NCC(C)CN1CCCCC1)NC1CCN(Cc2cc(OC)cc(OC)c2)C1.I. The van der Waals surface area contributed by atoms with Crippen molar-refractivity contribution in [2.75, 3.05) is 60.5 Å². The average Bonchev–Trinajstić information content (AvgIpc) is 3.23. The fraction of sp³-hybridized carbons (Fsp3) is 0.708. The van der Waals surface area contributed by atoms with E-state index in [0.29, 0.717) is 12.0 Å². The fourth-order valence-corrected chi connectivity index (χ4v) is 4.62. The molecule has 0 amide bonds. The molecule has 2 unspecified atom stereocenters. The van der Waals surface area contributed by atoms with Gasteiger partial charge in [0.25, 0.3) is 0 Å². The minimum Gasteiger partial charge on any atom is -0.497 e. The topological polar surface area (TPSA) is 61.4 Å². The van der Waals surface area contributed by atoms with E-state index < -0.39 is 0 Å². The van der Waals surface area contributed by atoms with E-state index >= 15 is 0 Å². The molecule has 0 radical (unpaired) electrons. The molecule has 182 valence electrons. The second-order valence-electron chi connectivity index (χ2n) is 9.01. The van der Waals surface area contributed by atoms with Gasteiger partial charge >= 0.3 is 0 Å². The van der Waals surface area contributed by atoms with Gasteiger partial charge < -0.3 is 25.0 Å². The first kappa shape index (κ1) is 27.0.